The number of imide groups is 1. The first-order valence-electron chi connectivity index (χ1n) is 7.61. The van der Waals surface area contributed by atoms with E-state index < -0.39 is 11.6 Å². The average Bonchev–Trinajstić information content (AvgIpc) is 3.04. The summed E-state index contributed by atoms with van der Waals surface area (Å²) >= 11 is 3.36. The van der Waals surface area contributed by atoms with Gasteiger partial charge in [0.05, 0.1) is 0 Å². The van der Waals surface area contributed by atoms with Crippen LogP contribution in [0.5, 0.6) is 0 Å². The third-order valence-electron chi connectivity index (χ3n) is 4.47. The van der Waals surface area contributed by atoms with Gasteiger partial charge in [-0.05, 0) is 43.5 Å². The molecule has 7 heteroatoms. The van der Waals surface area contributed by atoms with E-state index in [1.807, 2.05) is 19.1 Å². The van der Waals surface area contributed by atoms with Gasteiger partial charge in [-0.15, -0.1) is 0 Å². The predicted molar refractivity (Wildman–Crippen MR) is 89.0 cm³/mol. The molecule has 0 bridgehead atoms. The molecule has 0 atom stereocenters. The average molecular weight is 380 g/mol. The van der Waals surface area contributed by atoms with Crippen molar-refractivity contribution in [2.75, 3.05) is 11.9 Å². The Morgan fingerprint density at radius 2 is 2.04 bits per heavy atom. The number of anilines is 1. The molecule has 1 aromatic rings. The molecule has 1 saturated carbocycles. The lowest BCUT2D eigenvalue weighted by Crippen LogP contribution is -2.44. The van der Waals surface area contributed by atoms with E-state index in [2.05, 4.69) is 26.6 Å². The van der Waals surface area contributed by atoms with Crippen molar-refractivity contribution in [2.24, 2.45) is 0 Å². The lowest BCUT2D eigenvalue weighted by atomic mass is 9.98. The van der Waals surface area contributed by atoms with E-state index in [4.69, 9.17) is 0 Å². The number of urea groups is 1. The molecule has 23 heavy (non-hydrogen) atoms. The highest BCUT2D eigenvalue weighted by Gasteiger charge is 2.52. The molecule has 2 fully saturated rings. The van der Waals surface area contributed by atoms with Crippen LogP contribution in [-0.4, -0.2) is 34.8 Å². The normalized spacial score (nSPS) is 19.3. The van der Waals surface area contributed by atoms with Crippen LogP contribution in [0, 0.1) is 6.92 Å². The van der Waals surface area contributed by atoms with Crippen LogP contribution in [0.1, 0.15) is 31.2 Å². The summed E-state index contributed by atoms with van der Waals surface area (Å²) in [4.78, 5) is 37.8. The van der Waals surface area contributed by atoms with E-state index in [-0.39, 0.29) is 18.4 Å². The molecular weight excluding hydrogens is 362 g/mol. The van der Waals surface area contributed by atoms with Crippen LogP contribution in [0.3, 0.4) is 0 Å². The Hall–Kier alpha value is -1.89. The molecule has 4 amide bonds. The monoisotopic (exact) mass is 379 g/mol. The third-order valence-corrected chi connectivity index (χ3v) is 4.96. The quantitative estimate of drug-likeness (QED) is 0.792. The summed E-state index contributed by atoms with van der Waals surface area (Å²) in [6.07, 6.45) is 3.15. The van der Waals surface area contributed by atoms with Crippen molar-refractivity contribution < 1.29 is 14.4 Å². The summed E-state index contributed by atoms with van der Waals surface area (Å²) in [6.45, 7) is 1.61. The molecule has 2 N–H and O–H groups in total. The fraction of sp³-hybridized carbons (Fsp3) is 0.438. The number of nitrogens with one attached hydrogen (secondary N) is 2. The van der Waals surface area contributed by atoms with Gasteiger partial charge in [0, 0.05) is 10.2 Å². The van der Waals surface area contributed by atoms with Crippen molar-refractivity contribution in [2.45, 2.75) is 38.1 Å². The topological polar surface area (TPSA) is 78.5 Å². The van der Waals surface area contributed by atoms with Crippen LogP contribution < -0.4 is 10.6 Å². The Morgan fingerprint density at radius 1 is 1.35 bits per heavy atom. The Bertz CT molecular complexity index is 683. The number of carbonyl (C=O) groups is 3. The summed E-state index contributed by atoms with van der Waals surface area (Å²) in [5.74, 6) is -0.656. The van der Waals surface area contributed by atoms with Gasteiger partial charge in [0.15, 0.2) is 0 Å². The lowest BCUT2D eigenvalue weighted by Gasteiger charge is -2.19. The van der Waals surface area contributed by atoms with Gasteiger partial charge in [0.1, 0.15) is 12.1 Å². The first kappa shape index (κ1) is 16.0. The van der Waals surface area contributed by atoms with Crippen molar-refractivity contribution in [3.8, 4) is 0 Å². The van der Waals surface area contributed by atoms with Crippen LogP contribution in [0.4, 0.5) is 10.5 Å². The Morgan fingerprint density at radius 3 is 2.70 bits per heavy atom. The number of amides is 4. The van der Waals surface area contributed by atoms with Crippen LogP contribution in [-0.2, 0) is 9.59 Å². The maximum atomic E-state index is 12.5. The third kappa shape index (κ3) is 2.97. The van der Waals surface area contributed by atoms with Crippen LogP contribution >= 0.6 is 15.9 Å². The van der Waals surface area contributed by atoms with E-state index in [1.54, 1.807) is 6.07 Å². The molecule has 2 aliphatic rings. The van der Waals surface area contributed by atoms with Gasteiger partial charge >= 0.3 is 6.03 Å². The molecule has 3 rings (SSSR count). The second-order valence-electron chi connectivity index (χ2n) is 6.12. The largest absolute Gasteiger partial charge is 0.325 e. The molecular formula is C16H18BrN3O3. The minimum Gasteiger partial charge on any atom is -0.324 e. The molecule has 0 aromatic heterocycles. The smallest absolute Gasteiger partial charge is 0.324 e. The number of rotatable bonds is 3. The molecule has 1 saturated heterocycles. The molecule has 6 nitrogen and oxygen atoms in total. The van der Waals surface area contributed by atoms with Gasteiger partial charge in [-0.1, -0.05) is 28.8 Å². The van der Waals surface area contributed by atoms with E-state index in [0.29, 0.717) is 18.5 Å². The molecule has 1 aliphatic carbocycles. The second kappa shape index (κ2) is 5.96. The highest BCUT2D eigenvalue weighted by Crippen LogP contribution is 2.34. The molecule has 0 unspecified atom stereocenters. The Labute approximate surface area is 142 Å². The van der Waals surface area contributed by atoms with Gasteiger partial charge in [-0.25, -0.2) is 4.79 Å². The van der Waals surface area contributed by atoms with E-state index in [1.165, 1.54) is 0 Å². The maximum absolute atomic E-state index is 12.5. The lowest BCUT2D eigenvalue weighted by molar-refractivity contribution is -0.133. The molecule has 122 valence electrons. The first-order chi connectivity index (χ1) is 10.9. The first-order valence-corrected chi connectivity index (χ1v) is 8.41. The van der Waals surface area contributed by atoms with Gasteiger partial charge in [0.2, 0.25) is 5.91 Å². The SMILES string of the molecule is Cc1cc(Br)ccc1NC(=O)CN1C(=O)NC2(CCCC2)C1=O. The number of hydrogen-bond acceptors (Lipinski definition) is 3. The molecule has 0 radical (unpaired) electrons. The van der Waals surface area contributed by atoms with Crippen molar-refractivity contribution in [3.63, 3.8) is 0 Å². The zero-order valence-electron chi connectivity index (χ0n) is 12.8. The minimum atomic E-state index is -0.773. The number of carbonyl (C=O) groups excluding carboxylic acids is 3. The van der Waals surface area contributed by atoms with Crippen molar-refractivity contribution >= 4 is 39.5 Å². The highest BCUT2D eigenvalue weighted by atomic mass is 79.9. The van der Waals surface area contributed by atoms with Crippen LogP contribution in [0.25, 0.3) is 0 Å². The Balaban J connectivity index is 1.68. The number of hydrogen-bond donors (Lipinski definition) is 2. The fourth-order valence-corrected chi connectivity index (χ4v) is 3.71. The summed E-state index contributed by atoms with van der Waals surface area (Å²) < 4.78 is 0.922. The van der Waals surface area contributed by atoms with Crippen molar-refractivity contribution in [1.82, 2.24) is 10.2 Å². The zero-order chi connectivity index (χ0) is 16.6. The highest BCUT2D eigenvalue weighted by molar-refractivity contribution is 9.10. The van der Waals surface area contributed by atoms with Gasteiger partial charge in [-0.2, -0.15) is 0 Å². The summed E-state index contributed by atoms with van der Waals surface area (Å²) in [7, 11) is 0. The number of aryl methyl sites for hydroxylation is 1. The van der Waals surface area contributed by atoms with E-state index >= 15 is 0 Å². The second-order valence-corrected chi connectivity index (χ2v) is 7.03. The summed E-state index contributed by atoms with van der Waals surface area (Å²) in [5.41, 5.74) is 0.795. The van der Waals surface area contributed by atoms with Crippen molar-refractivity contribution in [1.29, 1.82) is 0 Å². The van der Waals surface area contributed by atoms with Gasteiger partial charge in [0.25, 0.3) is 5.91 Å². The van der Waals surface area contributed by atoms with Crippen LogP contribution in [0.15, 0.2) is 22.7 Å². The van der Waals surface area contributed by atoms with Crippen LogP contribution in [0.2, 0.25) is 0 Å². The molecule has 1 spiro atoms. The number of benzene rings is 1. The molecule has 1 heterocycles. The summed E-state index contributed by atoms with van der Waals surface area (Å²) in [5, 5.41) is 5.52. The van der Waals surface area contributed by atoms with Gasteiger partial charge < -0.3 is 10.6 Å². The number of halogens is 1. The fourth-order valence-electron chi connectivity index (χ4n) is 3.24. The number of nitrogens with zero attached hydrogens (tertiary/aromatic N) is 1. The van der Waals surface area contributed by atoms with E-state index in [0.717, 1.165) is 27.8 Å². The maximum Gasteiger partial charge on any atom is 0.325 e. The molecule has 1 aromatic carbocycles. The van der Waals surface area contributed by atoms with Crippen molar-refractivity contribution in [3.05, 3.63) is 28.2 Å². The standard InChI is InChI=1S/C16H18BrN3O3/c1-10-8-11(17)4-5-12(10)18-13(21)9-20-14(22)16(19-15(20)23)6-2-3-7-16/h4-5,8H,2-3,6-7,9H2,1H3,(H,18,21)(H,19,23). The molecule has 1 aliphatic heterocycles. The predicted octanol–water partition coefficient (Wildman–Crippen LogP) is 2.56. The van der Waals surface area contributed by atoms with E-state index in [9.17, 15) is 14.4 Å². The summed E-state index contributed by atoms with van der Waals surface area (Å²) in [6, 6.07) is 5.02. The zero-order valence-corrected chi connectivity index (χ0v) is 14.4. The van der Waals surface area contributed by atoms with Gasteiger partial charge in [-0.3, -0.25) is 14.5 Å². The Kier molecular flexibility index (Phi) is 4.14. The minimum absolute atomic E-state index is 0.262.